The lowest BCUT2D eigenvalue weighted by Crippen LogP contribution is -2.07. The highest BCUT2D eigenvalue weighted by Crippen LogP contribution is 2.23. The van der Waals surface area contributed by atoms with Crippen LogP contribution in [0.1, 0.15) is 11.1 Å². The molecule has 1 aromatic heterocycles. The number of benzene rings is 1. The monoisotopic (exact) mass is 188 g/mol. The third-order valence-corrected chi connectivity index (χ3v) is 2.48. The van der Waals surface area contributed by atoms with Crippen LogP contribution in [0.15, 0.2) is 23.0 Å². The minimum atomic E-state index is -0.104. The molecule has 0 bridgehead atoms. The number of hydrogen-bond donors (Lipinski definition) is 2. The summed E-state index contributed by atoms with van der Waals surface area (Å²) in [5, 5.41) is 1.01. The largest absolute Gasteiger partial charge is 0.397 e. The van der Waals surface area contributed by atoms with Crippen molar-refractivity contribution in [3.8, 4) is 0 Å². The van der Waals surface area contributed by atoms with Crippen molar-refractivity contribution >= 4 is 16.6 Å². The number of nitrogens with two attached hydrogens (primary N) is 1. The number of H-pyrrole nitrogens is 1. The van der Waals surface area contributed by atoms with Gasteiger partial charge in [0.05, 0.1) is 11.2 Å². The quantitative estimate of drug-likeness (QED) is 0.618. The van der Waals surface area contributed by atoms with E-state index < -0.39 is 0 Å². The first-order valence-corrected chi connectivity index (χ1v) is 4.48. The van der Waals surface area contributed by atoms with E-state index >= 15 is 0 Å². The van der Waals surface area contributed by atoms with Gasteiger partial charge in [-0.3, -0.25) is 4.79 Å². The maximum Gasteiger partial charge on any atom is 0.248 e. The fraction of sp³-hybridized carbons (Fsp3) is 0.182. The Kier molecular flexibility index (Phi) is 1.81. The molecule has 0 saturated heterocycles. The molecule has 3 nitrogen and oxygen atoms in total. The molecule has 72 valence electrons. The number of rotatable bonds is 0. The third kappa shape index (κ3) is 1.18. The molecule has 0 fully saturated rings. The van der Waals surface area contributed by atoms with E-state index in [-0.39, 0.29) is 5.56 Å². The molecule has 3 heteroatoms. The standard InChI is InChI=1S/C11H12N2O/c1-6-3-4-8-7(2)5-9(14)13-11(8)10(6)12/h3-5H,12H2,1-2H3,(H,13,14). The summed E-state index contributed by atoms with van der Waals surface area (Å²) in [5.74, 6) is 0. The Balaban J connectivity index is 3.02. The second-order valence-corrected chi connectivity index (χ2v) is 3.54. The topological polar surface area (TPSA) is 58.9 Å². The first kappa shape index (κ1) is 8.81. The van der Waals surface area contributed by atoms with Crippen molar-refractivity contribution in [3.05, 3.63) is 39.7 Å². The molecule has 0 aliphatic carbocycles. The van der Waals surface area contributed by atoms with Crippen molar-refractivity contribution in [2.75, 3.05) is 5.73 Å². The number of fused-ring (bicyclic) bond motifs is 1. The van der Waals surface area contributed by atoms with Crippen LogP contribution in [-0.4, -0.2) is 4.98 Å². The van der Waals surface area contributed by atoms with Crippen LogP contribution in [0.25, 0.3) is 10.9 Å². The summed E-state index contributed by atoms with van der Waals surface area (Å²) in [7, 11) is 0. The lowest BCUT2D eigenvalue weighted by atomic mass is 10.1. The Bertz CT molecular complexity index is 555. The Morgan fingerprint density at radius 3 is 2.64 bits per heavy atom. The number of anilines is 1. The number of nitrogen functional groups attached to an aromatic ring is 1. The molecule has 2 rings (SSSR count). The van der Waals surface area contributed by atoms with Gasteiger partial charge < -0.3 is 10.7 Å². The molecule has 0 unspecified atom stereocenters. The smallest absolute Gasteiger partial charge is 0.248 e. The average Bonchev–Trinajstić information content (AvgIpc) is 2.12. The van der Waals surface area contributed by atoms with Gasteiger partial charge >= 0.3 is 0 Å². The van der Waals surface area contributed by atoms with Gasteiger partial charge in [0.25, 0.3) is 0 Å². The lowest BCUT2D eigenvalue weighted by Gasteiger charge is -2.06. The lowest BCUT2D eigenvalue weighted by molar-refractivity contribution is 1.27. The number of hydrogen-bond acceptors (Lipinski definition) is 2. The van der Waals surface area contributed by atoms with Crippen LogP contribution < -0.4 is 11.3 Å². The predicted molar refractivity (Wildman–Crippen MR) is 58.5 cm³/mol. The van der Waals surface area contributed by atoms with E-state index in [1.165, 1.54) is 0 Å². The van der Waals surface area contributed by atoms with Gasteiger partial charge in [-0.05, 0) is 25.0 Å². The van der Waals surface area contributed by atoms with Crippen molar-refractivity contribution in [1.29, 1.82) is 0 Å². The molecule has 2 aromatic rings. The van der Waals surface area contributed by atoms with E-state index in [0.29, 0.717) is 5.69 Å². The zero-order valence-corrected chi connectivity index (χ0v) is 8.22. The van der Waals surface area contributed by atoms with Gasteiger partial charge in [0, 0.05) is 11.5 Å². The zero-order valence-electron chi connectivity index (χ0n) is 8.22. The average molecular weight is 188 g/mol. The van der Waals surface area contributed by atoms with Crippen molar-refractivity contribution in [1.82, 2.24) is 4.98 Å². The van der Waals surface area contributed by atoms with Gasteiger partial charge in [0.2, 0.25) is 5.56 Å². The summed E-state index contributed by atoms with van der Waals surface area (Å²) in [4.78, 5) is 14.0. The van der Waals surface area contributed by atoms with Crippen LogP contribution in [0, 0.1) is 13.8 Å². The van der Waals surface area contributed by atoms with E-state index in [2.05, 4.69) is 4.98 Å². The molecule has 3 N–H and O–H groups in total. The van der Waals surface area contributed by atoms with Crippen LogP contribution in [0.2, 0.25) is 0 Å². The SMILES string of the molecule is Cc1ccc2c(C)cc(=O)[nH]c2c1N. The van der Waals surface area contributed by atoms with Gasteiger partial charge in [-0.25, -0.2) is 0 Å². The van der Waals surface area contributed by atoms with Gasteiger partial charge in [-0.2, -0.15) is 0 Å². The molecule has 0 amide bonds. The Labute approximate surface area is 81.6 Å². The van der Waals surface area contributed by atoms with E-state index in [1.54, 1.807) is 6.07 Å². The Morgan fingerprint density at radius 2 is 1.93 bits per heavy atom. The zero-order chi connectivity index (χ0) is 10.3. The van der Waals surface area contributed by atoms with Crippen molar-refractivity contribution in [2.45, 2.75) is 13.8 Å². The molecule has 0 spiro atoms. The molecule has 1 aromatic carbocycles. The Morgan fingerprint density at radius 1 is 1.21 bits per heavy atom. The van der Waals surface area contributed by atoms with Crippen molar-refractivity contribution in [2.24, 2.45) is 0 Å². The molecule has 0 aliphatic rings. The summed E-state index contributed by atoms with van der Waals surface area (Å²) in [6.45, 7) is 3.84. The highest BCUT2D eigenvalue weighted by molar-refractivity contribution is 5.92. The second-order valence-electron chi connectivity index (χ2n) is 3.54. The summed E-state index contributed by atoms with van der Waals surface area (Å²) in [6, 6.07) is 5.52. The Hall–Kier alpha value is -1.77. The van der Waals surface area contributed by atoms with Gasteiger partial charge in [-0.1, -0.05) is 12.1 Å². The number of aryl methyl sites for hydroxylation is 2. The van der Waals surface area contributed by atoms with E-state index in [1.807, 2.05) is 26.0 Å². The van der Waals surface area contributed by atoms with E-state index in [4.69, 9.17) is 5.73 Å². The first-order chi connectivity index (χ1) is 6.59. The molecule has 0 atom stereocenters. The van der Waals surface area contributed by atoms with Gasteiger partial charge in [0.1, 0.15) is 0 Å². The molecule has 0 saturated carbocycles. The number of pyridine rings is 1. The highest BCUT2D eigenvalue weighted by atomic mass is 16.1. The minimum Gasteiger partial charge on any atom is -0.397 e. The van der Waals surface area contributed by atoms with Crippen LogP contribution in [0.5, 0.6) is 0 Å². The number of nitrogens with one attached hydrogen (secondary N) is 1. The van der Waals surface area contributed by atoms with E-state index in [0.717, 1.165) is 22.0 Å². The molecular formula is C11H12N2O. The van der Waals surface area contributed by atoms with Crippen LogP contribution in [-0.2, 0) is 0 Å². The molecule has 0 aliphatic heterocycles. The fourth-order valence-corrected chi connectivity index (χ4v) is 1.62. The van der Waals surface area contributed by atoms with Gasteiger partial charge in [0.15, 0.2) is 0 Å². The highest BCUT2D eigenvalue weighted by Gasteiger charge is 2.04. The van der Waals surface area contributed by atoms with Gasteiger partial charge in [-0.15, -0.1) is 0 Å². The number of aromatic nitrogens is 1. The number of aromatic amines is 1. The molecule has 1 heterocycles. The van der Waals surface area contributed by atoms with Crippen LogP contribution in [0.4, 0.5) is 5.69 Å². The normalized spacial score (nSPS) is 10.7. The predicted octanol–water partition coefficient (Wildman–Crippen LogP) is 1.73. The summed E-state index contributed by atoms with van der Waals surface area (Å²) >= 11 is 0. The summed E-state index contributed by atoms with van der Waals surface area (Å²) in [6.07, 6.45) is 0. The van der Waals surface area contributed by atoms with Crippen LogP contribution >= 0.6 is 0 Å². The summed E-state index contributed by atoms with van der Waals surface area (Å²) in [5.41, 5.74) is 9.12. The third-order valence-electron chi connectivity index (χ3n) is 2.48. The second kappa shape index (κ2) is 2.87. The van der Waals surface area contributed by atoms with Crippen molar-refractivity contribution in [3.63, 3.8) is 0 Å². The first-order valence-electron chi connectivity index (χ1n) is 4.48. The van der Waals surface area contributed by atoms with Crippen LogP contribution in [0.3, 0.4) is 0 Å². The molecule has 0 radical (unpaired) electrons. The van der Waals surface area contributed by atoms with Crippen molar-refractivity contribution < 1.29 is 0 Å². The molecule has 14 heavy (non-hydrogen) atoms. The maximum atomic E-state index is 11.3. The summed E-state index contributed by atoms with van der Waals surface area (Å²) < 4.78 is 0. The molecular weight excluding hydrogens is 176 g/mol. The fourth-order valence-electron chi connectivity index (χ4n) is 1.62. The van der Waals surface area contributed by atoms with E-state index in [9.17, 15) is 4.79 Å². The maximum absolute atomic E-state index is 11.3. The minimum absolute atomic E-state index is 0.104.